The maximum atomic E-state index is 12.6. The Bertz CT molecular complexity index is 1290. The molecule has 3 rings (SSSR count). The number of rotatable bonds is 9. The molecule has 2 aromatic carbocycles. The molecule has 12 heteroatoms. The number of halogens is 3. The van der Waals surface area contributed by atoms with Crippen LogP contribution >= 0.6 is 11.3 Å². The summed E-state index contributed by atoms with van der Waals surface area (Å²) in [5.41, 5.74) is 2.36. The Kier molecular flexibility index (Phi) is 7.64. The number of aromatic carboxylic acids is 1. The van der Waals surface area contributed by atoms with Crippen LogP contribution in [0.15, 0.2) is 46.7 Å². The molecule has 1 heterocycles. The molecular formula is C22H21F3N2O5S2. The van der Waals surface area contributed by atoms with Gasteiger partial charge in [0.1, 0.15) is 10.8 Å². The highest BCUT2D eigenvalue weighted by Gasteiger charge is 2.31. The minimum atomic E-state index is -4.76. The number of carboxylic acid groups (broad SMARTS) is 1. The number of hydrogen-bond acceptors (Lipinski definition) is 6. The first kappa shape index (κ1) is 25.7. The molecule has 7 nitrogen and oxygen atoms in total. The van der Waals surface area contributed by atoms with Gasteiger partial charge in [0.2, 0.25) is 10.0 Å². The summed E-state index contributed by atoms with van der Waals surface area (Å²) in [5, 5.41) is 11.7. The lowest BCUT2D eigenvalue weighted by Gasteiger charge is -2.11. The Balaban J connectivity index is 1.57. The van der Waals surface area contributed by atoms with Crippen molar-refractivity contribution in [3.05, 3.63) is 64.2 Å². The van der Waals surface area contributed by atoms with E-state index in [1.807, 2.05) is 0 Å². The molecule has 0 spiro atoms. The molecule has 3 aromatic rings. The maximum absolute atomic E-state index is 12.6. The van der Waals surface area contributed by atoms with Crippen LogP contribution in [0.2, 0.25) is 0 Å². The van der Waals surface area contributed by atoms with Crippen LogP contribution in [0, 0.1) is 13.8 Å². The Morgan fingerprint density at radius 1 is 1.18 bits per heavy atom. The fraction of sp³-hybridized carbons (Fsp3) is 0.273. The van der Waals surface area contributed by atoms with Crippen LogP contribution in [0.4, 0.5) is 13.2 Å². The zero-order valence-electron chi connectivity index (χ0n) is 18.1. The van der Waals surface area contributed by atoms with Gasteiger partial charge in [-0.15, -0.1) is 24.5 Å². The van der Waals surface area contributed by atoms with Crippen LogP contribution in [-0.2, 0) is 16.4 Å². The molecule has 0 aliphatic heterocycles. The van der Waals surface area contributed by atoms with E-state index in [9.17, 15) is 31.5 Å². The third-order valence-electron chi connectivity index (χ3n) is 4.97. The molecule has 34 heavy (non-hydrogen) atoms. The smallest absolute Gasteiger partial charge is 0.478 e. The van der Waals surface area contributed by atoms with Crippen LogP contribution in [0.3, 0.4) is 0 Å². The first-order valence-electron chi connectivity index (χ1n) is 10.0. The van der Waals surface area contributed by atoms with Crippen molar-refractivity contribution in [2.45, 2.75) is 37.9 Å². The summed E-state index contributed by atoms with van der Waals surface area (Å²) in [7, 11) is -3.89. The second kappa shape index (κ2) is 10.1. The van der Waals surface area contributed by atoms with E-state index in [0.29, 0.717) is 40.2 Å². The molecule has 0 amide bonds. The van der Waals surface area contributed by atoms with Gasteiger partial charge < -0.3 is 9.84 Å². The molecule has 0 radical (unpaired) electrons. The summed E-state index contributed by atoms with van der Waals surface area (Å²) in [6, 6.07) is 7.95. The van der Waals surface area contributed by atoms with Crippen molar-refractivity contribution in [3.63, 3.8) is 0 Å². The zero-order chi connectivity index (χ0) is 25.1. The van der Waals surface area contributed by atoms with Gasteiger partial charge in [0.05, 0.1) is 16.2 Å². The molecule has 0 atom stereocenters. The third kappa shape index (κ3) is 6.55. The lowest BCUT2D eigenvalue weighted by atomic mass is 10.0. The van der Waals surface area contributed by atoms with Gasteiger partial charge >= 0.3 is 12.3 Å². The number of nitrogens with zero attached hydrogens (tertiary/aromatic N) is 1. The van der Waals surface area contributed by atoms with E-state index in [1.165, 1.54) is 41.7 Å². The molecule has 0 unspecified atom stereocenters. The van der Waals surface area contributed by atoms with E-state index in [4.69, 9.17) is 0 Å². The Morgan fingerprint density at radius 3 is 2.47 bits per heavy atom. The standard InChI is InChI=1S/C22H21F3N2O5S2/c1-13-10-18(11-19(14(13)2)21(28)29)34(30,31)26-9-3-4-16-12-33-20(27-16)15-5-7-17(8-6-15)32-22(23,24)25/h5-8,10-12,26H,3-4,9H2,1-2H3,(H,28,29). The number of hydrogen-bond donors (Lipinski definition) is 2. The molecule has 0 saturated carbocycles. The highest BCUT2D eigenvalue weighted by Crippen LogP contribution is 2.28. The van der Waals surface area contributed by atoms with Crippen LogP contribution in [-0.4, -0.2) is 37.4 Å². The fourth-order valence-corrected chi connectivity index (χ4v) is 5.16. The van der Waals surface area contributed by atoms with Gasteiger partial charge in [0, 0.05) is 17.5 Å². The van der Waals surface area contributed by atoms with E-state index in [-0.39, 0.29) is 22.8 Å². The van der Waals surface area contributed by atoms with Crippen LogP contribution in [0.5, 0.6) is 5.75 Å². The van der Waals surface area contributed by atoms with Crippen molar-refractivity contribution in [1.82, 2.24) is 9.71 Å². The van der Waals surface area contributed by atoms with Crippen molar-refractivity contribution in [3.8, 4) is 16.3 Å². The summed E-state index contributed by atoms with van der Waals surface area (Å²) in [6.07, 6.45) is -3.84. The zero-order valence-corrected chi connectivity index (χ0v) is 19.8. The van der Waals surface area contributed by atoms with Crippen molar-refractivity contribution in [2.24, 2.45) is 0 Å². The highest BCUT2D eigenvalue weighted by atomic mass is 32.2. The van der Waals surface area contributed by atoms with E-state index in [1.54, 1.807) is 19.2 Å². The SMILES string of the molecule is Cc1cc(S(=O)(=O)NCCCc2csc(-c3ccc(OC(F)(F)F)cc3)n2)cc(C(=O)O)c1C. The molecule has 1 aromatic heterocycles. The van der Waals surface area contributed by atoms with Gasteiger partial charge in [0.25, 0.3) is 0 Å². The van der Waals surface area contributed by atoms with Gasteiger partial charge in [-0.05, 0) is 74.2 Å². The van der Waals surface area contributed by atoms with E-state index >= 15 is 0 Å². The van der Waals surface area contributed by atoms with Crippen molar-refractivity contribution < 1.29 is 36.2 Å². The number of carbonyl (C=O) groups is 1. The average Bonchev–Trinajstić information content (AvgIpc) is 3.21. The van der Waals surface area contributed by atoms with Gasteiger partial charge in [-0.25, -0.2) is 22.9 Å². The largest absolute Gasteiger partial charge is 0.573 e. The first-order valence-corrected chi connectivity index (χ1v) is 12.4. The summed E-state index contributed by atoms with van der Waals surface area (Å²) in [5.74, 6) is -1.51. The molecule has 182 valence electrons. The second-order valence-corrected chi connectivity index (χ2v) is 10.1. The topological polar surface area (TPSA) is 106 Å². The lowest BCUT2D eigenvalue weighted by molar-refractivity contribution is -0.274. The van der Waals surface area contributed by atoms with Crippen molar-refractivity contribution in [1.29, 1.82) is 0 Å². The Morgan fingerprint density at radius 2 is 1.85 bits per heavy atom. The quantitative estimate of drug-likeness (QED) is 0.392. The first-order chi connectivity index (χ1) is 15.9. The monoisotopic (exact) mass is 514 g/mol. The summed E-state index contributed by atoms with van der Waals surface area (Å²) in [4.78, 5) is 15.7. The van der Waals surface area contributed by atoms with E-state index < -0.39 is 22.4 Å². The molecule has 0 aliphatic rings. The number of thiazole rings is 1. The molecular weight excluding hydrogens is 493 g/mol. The normalized spacial score (nSPS) is 12.0. The number of nitrogens with one attached hydrogen (secondary N) is 1. The minimum absolute atomic E-state index is 0.0617. The average molecular weight is 515 g/mol. The third-order valence-corrected chi connectivity index (χ3v) is 7.35. The molecule has 0 saturated heterocycles. The Labute approximate surface area is 198 Å². The van der Waals surface area contributed by atoms with Gasteiger partial charge in [0.15, 0.2) is 0 Å². The predicted octanol–water partition coefficient (Wildman–Crippen LogP) is 4.93. The second-order valence-electron chi connectivity index (χ2n) is 7.44. The maximum Gasteiger partial charge on any atom is 0.573 e. The van der Waals surface area contributed by atoms with Crippen molar-refractivity contribution >= 4 is 27.3 Å². The highest BCUT2D eigenvalue weighted by molar-refractivity contribution is 7.89. The summed E-state index contributed by atoms with van der Waals surface area (Å²) >= 11 is 1.32. The summed E-state index contributed by atoms with van der Waals surface area (Å²) < 4.78 is 68.3. The van der Waals surface area contributed by atoms with Crippen LogP contribution in [0.25, 0.3) is 10.6 Å². The number of carboxylic acids is 1. The van der Waals surface area contributed by atoms with Crippen LogP contribution < -0.4 is 9.46 Å². The molecule has 0 fully saturated rings. The Hall–Kier alpha value is -2.96. The number of alkyl halides is 3. The number of aromatic nitrogens is 1. The number of sulfonamides is 1. The fourth-order valence-electron chi connectivity index (χ4n) is 3.12. The molecule has 0 aliphatic carbocycles. The van der Waals surface area contributed by atoms with Gasteiger partial charge in [-0.3, -0.25) is 0 Å². The van der Waals surface area contributed by atoms with Gasteiger partial charge in [-0.1, -0.05) is 0 Å². The predicted molar refractivity (Wildman–Crippen MR) is 121 cm³/mol. The molecule has 0 bridgehead atoms. The minimum Gasteiger partial charge on any atom is -0.478 e. The number of aryl methyl sites for hydroxylation is 2. The van der Waals surface area contributed by atoms with Crippen LogP contribution in [0.1, 0.15) is 33.6 Å². The lowest BCUT2D eigenvalue weighted by Crippen LogP contribution is -2.25. The number of ether oxygens (including phenoxy) is 1. The summed E-state index contributed by atoms with van der Waals surface area (Å²) in [6.45, 7) is 3.39. The van der Waals surface area contributed by atoms with E-state index in [0.717, 1.165) is 6.07 Å². The van der Waals surface area contributed by atoms with E-state index in [2.05, 4.69) is 14.4 Å². The van der Waals surface area contributed by atoms with Gasteiger partial charge in [-0.2, -0.15) is 0 Å². The van der Waals surface area contributed by atoms with Crippen molar-refractivity contribution in [2.75, 3.05) is 6.54 Å². The molecule has 2 N–H and O–H groups in total. The number of benzene rings is 2.